The third kappa shape index (κ3) is 7.92. The number of unbranched alkanes of at least 4 members (excludes halogenated alkanes) is 5. The van der Waals surface area contributed by atoms with E-state index < -0.39 is 11.8 Å². The van der Waals surface area contributed by atoms with E-state index in [1.54, 1.807) is 0 Å². The molecule has 25 heavy (non-hydrogen) atoms. The van der Waals surface area contributed by atoms with Crippen molar-refractivity contribution in [1.82, 2.24) is 0 Å². The molecule has 152 valence electrons. The van der Waals surface area contributed by atoms with Crippen LogP contribution in [0.2, 0.25) is 0 Å². The van der Waals surface area contributed by atoms with E-state index in [9.17, 15) is 0 Å². The summed E-state index contributed by atoms with van der Waals surface area (Å²) >= 11 is 0. The number of rotatable bonds is 18. The van der Waals surface area contributed by atoms with Gasteiger partial charge in [-0.15, -0.1) is 0 Å². The second-order valence-corrected chi connectivity index (χ2v) is 5.99. The lowest BCUT2D eigenvalue weighted by molar-refractivity contribution is -0.497. The lowest BCUT2D eigenvalue weighted by atomic mass is 10.0. The van der Waals surface area contributed by atoms with Gasteiger partial charge in [-0.25, -0.2) is 0 Å². The normalized spacial score (nSPS) is 12.7. The SMILES string of the molecule is CCCCCCCCC(OCC)(OCC)C(OCC)(OCC)OCC. The molecule has 0 aliphatic heterocycles. The molecule has 0 aromatic carbocycles. The zero-order chi connectivity index (χ0) is 19.0. The van der Waals surface area contributed by atoms with Crippen molar-refractivity contribution in [2.45, 2.75) is 98.2 Å². The molecular formula is C20H42O5. The number of hydrogen-bond donors (Lipinski definition) is 0. The molecule has 5 nitrogen and oxygen atoms in total. The van der Waals surface area contributed by atoms with Crippen LogP contribution in [0.15, 0.2) is 0 Å². The zero-order valence-corrected chi connectivity index (χ0v) is 17.5. The lowest BCUT2D eigenvalue weighted by Gasteiger charge is -2.47. The average Bonchev–Trinajstić information content (AvgIpc) is 2.58. The Balaban J connectivity index is 5.32. The van der Waals surface area contributed by atoms with Crippen molar-refractivity contribution < 1.29 is 23.7 Å². The Hall–Kier alpha value is -0.200. The maximum absolute atomic E-state index is 6.12. The minimum Gasteiger partial charge on any atom is -0.344 e. The van der Waals surface area contributed by atoms with Crippen molar-refractivity contribution in [2.75, 3.05) is 33.0 Å². The molecule has 0 amide bonds. The van der Waals surface area contributed by atoms with Crippen LogP contribution in [0.3, 0.4) is 0 Å². The van der Waals surface area contributed by atoms with Crippen molar-refractivity contribution in [3.63, 3.8) is 0 Å². The second-order valence-electron chi connectivity index (χ2n) is 5.99. The average molecular weight is 363 g/mol. The fraction of sp³-hybridized carbons (Fsp3) is 1.00. The van der Waals surface area contributed by atoms with Crippen LogP contribution in [0, 0.1) is 0 Å². The molecule has 0 aromatic rings. The van der Waals surface area contributed by atoms with Crippen LogP contribution >= 0.6 is 0 Å². The lowest BCUT2D eigenvalue weighted by Crippen LogP contribution is -2.62. The summed E-state index contributed by atoms with van der Waals surface area (Å²) in [7, 11) is 0. The minimum absolute atomic E-state index is 0.457. The van der Waals surface area contributed by atoms with E-state index in [0.717, 1.165) is 12.8 Å². The van der Waals surface area contributed by atoms with Gasteiger partial charge < -0.3 is 23.7 Å². The van der Waals surface area contributed by atoms with E-state index in [-0.39, 0.29) is 0 Å². The topological polar surface area (TPSA) is 46.2 Å². The smallest absolute Gasteiger partial charge is 0.340 e. The van der Waals surface area contributed by atoms with Crippen LogP contribution in [0.4, 0.5) is 0 Å². The van der Waals surface area contributed by atoms with Crippen LogP contribution in [0.5, 0.6) is 0 Å². The molecule has 0 spiro atoms. The van der Waals surface area contributed by atoms with Crippen molar-refractivity contribution in [3.05, 3.63) is 0 Å². The molecular weight excluding hydrogens is 320 g/mol. The van der Waals surface area contributed by atoms with Gasteiger partial charge >= 0.3 is 5.97 Å². The largest absolute Gasteiger partial charge is 0.344 e. The van der Waals surface area contributed by atoms with Gasteiger partial charge in [-0.05, 0) is 41.0 Å². The molecule has 0 atom stereocenters. The Kier molecular flexibility index (Phi) is 14.8. The third-order valence-electron chi connectivity index (χ3n) is 4.08. The standard InChI is InChI=1S/C20H42O5/c1-7-13-14-15-16-17-18-19(21-8-2,22-9-3)20(23-10-4,24-11-5)25-12-6/h7-18H2,1-6H3. The molecule has 0 N–H and O–H groups in total. The molecule has 0 unspecified atom stereocenters. The fourth-order valence-electron chi connectivity index (χ4n) is 3.15. The van der Waals surface area contributed by atoms with E-state index in [2.05, 4.69) is 6.92 Å². The monoisotopic (exact) mass is 362 g/mol. The van der Waals surface area contributed by atoms with Gasteiger partial charge in [0.1, 0.15) is 0 Å². The van der Waals surface area contributed by atoms with Gasteiger partial charge in [0.2, 0.25) is 0 Å². The van der Waals surface area contributed by atoms with Gasteiger partial charge in [-0.2, -0.15) is 0 Å². The highest BCUT2D eigenvalue weighted by Crippen LogP contribution is 2.39. The van der Waals surface area contributed by atoms with Gasteiger partial charge in [0.05, 0.1) is 0 Å². The summed E-state index contributed by atoms with van der Waals surface area (Å²) in [4.78, 5) is 0. The van der Waals surface area contributed by atoms with E-state index in [1.807, 2.05) is 34.6 Å². The molecule has 0 heterocycles. The zero-order valence-electron chi connectivity index (χ0n) is 17.5. The van der Waals surface area contributed by atoms with E-state index in [0.29, 0.717) is 39.5 Å². The Morgan fingerprint density at radius 1 is 0.480 bits per heavy atom. The highest BCUT2D eigenvalue weighted by molar-refractivity contribution is 4.83. The molecule has 0 aliphatic carbocycles. The van der Waals surface area contributed by atoms with Crippen LogP contribution in [-0.4, -0.2) is 44.8 Å². The maximum Gasteiger partial charge on any atom is 0.340 e. The van der Waals surface area contributed by atoms with Gasteiger partial charge in [0.15, 0.2) is 0 Å². The summed E-state index contributed by atoms with van der Waals surface area (Å²) in [6.07, 6.45) is 7.86. The second kappa shape index (κ2) is 14.9. The Morgan fingerprint density at radius 3 is 1.28 bits per heavy atom. The maximum atomic E-state index is 6.12. The Bertz CT molecular complexity index is 273. The molecule has 0 rings (SSSR count). The predicted molar refractivity (Wildman–Crippen MR) is 102 cm³/mol. The Labute approximate surface area is 155 Å². The molecule has 0 radical (unpaired) electrons. The summed E-state index contributed by atoms with van der Waals surface area (Å²) in [6.45, 7) is 14.3. The van der Waals surface area contributed by atoms with Crippen LogP contribution in [-0.2, 0) is 23.7 Å². The number of ether oxygens (including phenoxy) is 5. The molecule has 0 saturated carbocycles. The third-order valence-corrected chi connectivity index (χ3v) is 4.08. The van der Waals surface area contributed by atoms with Crippen LogP contribution < -0.4 is 0 Å². The minimum atomic E-state index is -1.33. The number of hydrogen-bond acceptors (Lipinski definition) is 5. The summed E-state index contributed by atoms with van der Waals surface area (Å²) in [6, 6.07) is 0. The summed E-state index contributed by atoms with van der Waals surface area (Å²) < 4.78 is 30.2. The summed E-state index contributed by atoms with van der Waals surface area (Å²) in [5.41, 5.74) is 0. The van der Waals surface area contributed by atoms with Gasteiger partial charge in [0, 0.05) is 39.5 Å². The van der Waals surface area contributed by atoms with Crippen molar-refractivity contribution in [3.8, 4) is 0 Å². The Morgan fingerprint density at radius 2 is 0.880 bits per heavy atom. The van der Waals surface area contributed by atoms with Crippen LogP contribution in [0.25, 0.3) is 0 Å². The van der Waals surface area contributed by atoms with Crippen LogP contribution in [0.1, 0.15) is 86.5 Å². The molecule has 0 aliphatic rings. The van der Waals surface area contributed by atoms with Gasteiger partial charge in [0.25, 0.3) is 5.79 Å². The van der Waals surface area contributed by atoms with Gasteiger partial charge in [-0.1, -0.05) is 39.0 Å². The molecule has 0 bridgehead atoms. The first-order valence-electron chi connectivity index (χ1n) is 10.3. The van der Waals surface area contributed by atoms with E-state index in [1.165, 1.54) is 25.7 Å². The van der Waals surface area contributed by atoms with E-state index in [4.69, 9.17) is 23.7 Å². The summed E-state index contributed by atoms with van der Waals surface area (Å²) in [5.74, 6) is -2.38. The van der Waals surface area contributed by atoms with E-state index >= 15 is 0 Å². The van der Waals surface area contributed by atoms with Crippen molar-refractivity contribution in [1.29, 1.82) is 0 Å². The quantitative estimate of drug-likeness (QED) is 0.245. The molecule has 0 saturated heterocycles. The van der Waals surface area contributed by atoms with Crippen molar-refractivity contribution >= 4 is 0 Å². The summed E-state index contributed by atoms with van der Waals surface area (Å²) in [5, 5.41) is 0. The molecule has 5 heteroatoms. The highest BCUT2D eigenvalue weighted by Gasteiger charge is 2.57. The first kappa shape index (κ1) is 24.8. The molecule has 0 aromatic heterocycles. The highest BCUT2D eigenvalue weighted by atomic mass is 16.9. The first-order valence-corrected chi connectivity index (χ1v) is 10.3. The van der Waals surface area contributed by atoms with Crippen molar-refractivity contribution in [2.24, 2.45) is 0 Å². The molecule has 0 fully saturated rings. The fourth-order valence-corrected chi connectivity index (χ4v) is 3.15. The predicted octanol–water partition coefficient (Wildman–Crippen LogP) is 5.27. The first-order chi connectivity index (χ1) is 12.1. The van der Waals surface area contributed by atoms with Gasteiger partial charge in [-0.3, -0.25) is 0 Å².